The number of aliphatic hydroxyl groups is 1. The van der Waals surface area contributed by atoms with E-state index in [1.807, 2.05) is 45.2 Å². The normalized spacial score (nSPS) is 16.5. The highest BCUT2D eigenvalue weighted by atomic mass is 19.4. The molecule has 1 fully saturated rings. The van der Waals surface area contributed by atoms with Crippen LogP contribution in [0.15, 0.2) is 48.5 Å². The first-order valence-electron chi connectivity index (χ1n) is 11.8. The lowest BCUT2D eigenvalue weighted by Crippen LogP contribution is -2.46. The molecule has 0 spiro atoms. The van der Waals surface area contributed by atoms with Crippen LogP contribution in [0, 0.1) is 0 Å². The molecule has 5 nitrogen and oxygen atoms in total. The van der Waals surface area contributed by atoms with Gasteiger partial charge in [-0.3, -0.25) is 0 Å². The van der Waals surface area contributed by atoms with E-state index in [2.05, 4.69) is 14.5 Å². The topological polar surface area (TPSA) is 45.2 Å². The molecule has 0 bridgehead atoms. The fourth-order valence-corrected chi connectivity index (χ4v) is 4.14. The summed E-state index contributed by atoms with van der Waals surface area (Å²) in [7, 11) is 2.03. The molecule has 0 unspecified atom stereocenters. The van der Waals surface area contributed by atoms with Crippen LogP contribution in [0.4, 0.5) is 18.9 Å². The largest absolute Gasteiger partial charge is 0.573 e. The van der Waals surface area contributed by atoms with Gasteiger partial charge >= 0.3 is 6.36 Å². The Balaban J connectivity index is 1.39. The minimum Gasteiger partial charge on any atom is -0.491 e. The first kappa shape index (κ1) is 26.2. The van der Waals surface area contributed by atoms with E-state index >= 15 is 0 Å². The van der Waals surface area contributed by atoms with E-state index in [4.69, 9.17) is 4.74 Å². The summed E-state index contributed by atoms with van der Waals surface area (Å²) in [5, 5.41) is 11.1. The lowest BCUT2D eigenvalue weighted by Gasteiger charge is -2.39. The molecule has 2 aromatic carbocycles. The molecule has 2 aromatic rings. The van der Waals surface area contributed by atoms with E-state index < -0.39 is 12.0 Å². The highest BCUT2D eigenvalue weighted by Crippen LogP contribution is 2.28. The standard InChI is InChI=1S/C26H35F3N2O3/c1-20(2)33-23-10-6-22(7-11-23)30(3)17-13-25(32)14-18-31(19-15-25)16-12-21-4-8-24(9-5-21)34-26(27,28)29/h4-11,20,32H,12-19H2,1-3H3. The molecule has 34 heavy (non-hydrogen) atoms. The Bertz CT molecular complexity index is 878. The van der Waals surface area contributed by atoms with Crippen LogP contribution in [-0.2, 0) is 6.42 Å². The van der Waals surface area contributed by atoms with Crippen molar-refractivity contribution >= 4 is 5.69 Å². The molecule has 1 N–H and O–H groups in total. The number of rotatable bonds is 10. The summed E-state index contributed by atoms with van der Waals surface area (Å²) in [4.78, 5) is 4.45. The summed E-state index contributed by atoms with van der Waals surface area (Å²) in [5.74, 6) is 0.646. The fraction of sp³-hybridized carbons (Fsp3) is 0.538. The van der Waals surface area contributed by atoms with Gasteiger partial charge in [-0.15, -0.1) is 13.2 Å². The van der Waals surface area contributed by atoms with Gasteiger partial charge in [0.25, 0.3) is 0 Å². The van der Waals surface area contributed by atoms with E-state index in [-0.39, 0.29) is 11.9 Å². The first-order chi connectivity index (χ1) is 16.0. The Kier molecular flexibility index (Phi) is 8.71. The number of ether oxygens (including phenoxy) is 2. The minimum atomic E-state index is -4.67. The number of halogens is 3. The van der Waals surface area contributed by atoms with E-state index in [0.717, 1.165) is 49.6 Å². The van der Waals surface area contributed by atoms with Crippen LogP contribution in [0.3, 0.4) is 0 Å². The van der Waals surface area contributed by atoms with Gasteiger partial charge in [-0.1, -0.05) is 12.1 Å². The van der Waals surface area contributed by atoms with Gasteiger partial charge in [0.2, 0.25) is 0 Å². The second-order valence-corrected chi connectivity index (χ2v) is 9.34. The zero-order valence-electron chi connectivity index (χ0n) is 20.1. The molecule has 8 heteroatoms. The maximum absolute atomic E-state index is 12.3. The van der Waals surface area contributed by atoms with Crippen LogP contribution in [0.5, 0.6) is 11.5 Å². The molecule has 0 amide bonds. The van der Waals surface area contributed by atoms with Gasteiger partial charge in [-0.05, 0) is 81.5 Å². The number of hydrogen-bond acceptors (Lipinski definition) is 5. The van der Waals surface area contributed by atoms with Crippen molar-refractivity contribution in [3.05, 3.63) is 54.1 Å². The fourth-order valence-electron chi connectivity index (χ4n) is 4.14. The number of benzene rings is 2. The third kappa shape index (κ3) is 8.40. The molecule has 0 aliphatic carbocycles. The zero-order chi connectivity index (χ0) is 24.8. The number of likely N-dealkylation sites (tertiary alicyclic amines) is 1. The van der Waals surface area contributed by atoms with Crippen LogP contribution < -0.4 is 14.4 Å². The molecule has 188 valence electrons. The summed E-state index contributed by atoms with van der Waals surface area (Å²) in [6, 6.07) is 14.0. The predicted octanol–water partition coefficient (Wildman–Crippen LogP) is 5.27. The molecule has 1 aliphatic heterocycles. The molecule has 0 aromatic heterocycles. The lowest BCUT2D eigenvalue weighted by molar-refractivity contribution is -0.274. The van der Waals surface area contributed by atoms with Crippen molar-refractivity contribution in [1.29, 1.82) is 0 Å². The summed E-state index contributed by atoms with van der Waals surface area (Å²) in [6.45, 7) is 7.17. The first-order valence-corrected chi connectivity index (χ1v) is 11.8. The Morgan fingerprint density at radius 1 is 1.00 bits per heavy atom. The van der Waals surface area contributed by atoms with Crippen molar-refractivity contribution in [2.45, 2.75) is 57.6 Å². The van der Waals surface area contributed by atoms with Gasteiger partial charge in [0, 0.05) is 38.9 Å². The Morgan fingerprint density at radius 3 is 2.15 bits per heavy atom. The molecule has 3 rings (SSSR count). The van der Waals surface area contributed by atoms with Crippen LogP contribution in [-0.4, -0.2) is 61.3 Å². The lowest BCUT2D eigenvalue weighted by atomic mass is 9.88. The molecule has 1 saturated heterocycles. The third-order valence-corrected chi connectivity index (χ3v) is 6.22. The molecular weight excluding hydrogens is 445 g/mol. The smallest absolute Gasteiger partial charge is 0.491 e. The Hall–Kier alpha value is -2.45. The molecular formula is C26H35F3N2O3. The maximum atomic E-state index is 12.3. The molecule has 0 radical (unpaired) electrons. The number of nitrogens with zero attached hydrogens (tertiary/aromatic N) is 2. The number of anilines is 1. The SMILES string of the molecule is CC(C)Oc1ccc(N(C)CCC2(O)CCN(CCc3ccc(OC(F)(F)F)cc3)CC2)cc1. The maximum Gasteiger partial charge on any atom is 0.573 e. The summed E-state index contributed by atoms with van der Waals surface area (Å²) in [6.07, 6.45) is -1.68. The van der Waals surface area contributed by atoms with Crippen molar-refractivity contribution < 1.29 is 27.8 Å². The van der Waals surface area contributed by atoms with Crippen molar-refractivity contribution in [2.75, 3.05) is 38.1 Å². The van der Waals surface area contributed by atoms with E-state index in [1.165, 1.54) is 12.1 Å². The van der Waals surface area contributed by atoms with Crippen LogP contribution in [0.2, 0.25) is 0 Å². The van der Waals surface area contributed by atoms with Gasteiger partial charge in [-0.25, -0.2) is 0 Å². The van der Waals surface area contributed by atoms with Crippen LogP contribution in [0.25, 0.3) is 0 Å². The van der Waals surface area contributed by atoms with Crippen molar-refractivity contribution in [1.82, 2.24) is 4.90 Å². The highest BCUT2D eigenvalue weighted by molar-refractivity contribution is 5.48. The van der Waals surface area contributed by atoms with Crippen molar-refractivity contribution in [3.8, 4) is 11.5 Å². The number of alkyl halides is 3. The third-order valence-electron chi connectivity index (χ3n) is 6.22. The predicted molar refractivity (Wildman–Crippen MR) is 128 cm³/mol. The zero-order valence-corrected chi connectivity index (χ0v) is 20.1. The van der Waals surface area contributed by atoms with Crippen LogP contribution >= 0.6 is 0 Å². The molecule has 0 saturated carbocycles. The summed E-state index contributed by atoms with van der Waals surface area (Å²) in [5.41, 5.74) is 1.37. The number of piperidine rings is 1. The summed E-state index contributed by atoms with van der Waals surface area (Å²) < 4.78 is 46.4. The van der Waals surface area contributed by atoms with Crippen molar-refractivity contribution in [2.24, 2.45) is 0 Å². The van der Waals surface area contributed by atoms with Gasteiger partial charge in [-0.2, -0.15) is 0 Å². The van der Waals surface area contributed by atoms with Gasteiger partial charge in [0.15, 0.2) is 0 Å². The quantitative estimate of drug-likeness (QED) is 0.502. The van der Waals surface area contributed by atoms with E-state index in [9.17, 15) is 18.3 Å². The van der Waals surface area contributed by atoms with Crippen molar-refractivity contribution in [3.63, 3.8) is 0 Å². The van der Waals surface area contributed by atoms with Gasteiger partial charge < -0.3 is 24.4 Å². The minimum absolute atomic E-state index is 0.141. The number of hydrogen-bond donors (Lipinski definition) is 1. The molecule has 1 aliphatic rings. The second-order valence-electron chi connectivity index (χ2n) is 9.34. The monoisotopic (exact) mass is 480 g/mol. The Labute approximate surface area is 200 Å². The average Bonchev–Trinajstić information content (AvgIpc) is 2.77. The van der Waals surface area contributed by atoms with Gasteiger partial charge in [0.05, 0.1) is 11.7 Å². The Morgan fingerprint density at radius 2 is 1.59 bits per heavy atom. The molecule has 0 atom stereocenters. The second kappa shape index (κ2) is 11.3. The van der Waals surface area contributed by atoms with E-state index in [1.54, 1.807) is 12.1 Å². The van der Waals surface area contributed by atoms with Crippen LogP contribution in [0.1, 0.15) is 38.7 Å². The van der Waals surface area contributed by atoms with E-state index in [0.29, 0.717) is 19.3 Å². The highest BCUT2D eigenvalue weighted by Gasteiger charge is 2.32. The summed E-state index contributed by atoms with van der Waals surface area (Å²) >= 11 is 0. The average molecular weight is 481 g/mol. The van der Waals surface area contributed by atoms with Gasteiger partial charge in [0.1, 0.15) is 11.5 Å². The molecule has 1 heterocycles.